The summed E-state index contributed by atoms with van der Waals surface area (Å²) in [5, 5.41) is 2.65. The largest absolute Gasteiger partial charge is 0.368 e. The molecule has 3 aromatic rings. The van der Waals surface area contributed by atoms with E-state index in [1.165, 1.54) is 16.3 Å². The predicted molar refractivity (Wildman–Crippen MR) is 95.9 cm³/mol. The van der Waals surface area contributed by atoms with Gasteiger partial charge in [0.25, 0.3) is 0 Å². The monoisotopic (exact) mass is 321 g/mol. The molecule has 1 aliphatic heterocycles. The molecular weight excluding hydrogens is 298 g/mol. The summed E-state index contributed by atoms with van der Waals surface area (Å²) in [6.07, 6.45) is 2.11. The Bertz CT molecular complexity index is 850. The molecule has 24 heavy (non-hydrogen) atoms. The highest BCUT2D eigenvalue weighted by Crippen LogP contribution is 2.25. The second kappa shape index (κ2) is 6.38. The standard InChI is InChI=1S/C20H23N3O/c1-15-12-22(2)20(21-15)19-14-23(10-11-24-19)13-17-8-5-7-16-6-3-4-9-18(16)17/h3-9,12,19H,10-11,13-14H2,1-2H3/t19-/m1/s1. The Labute approximate surface area is 142 Å². The lowest BCUT2D eigenvalue weighted by molar-refractivity contribution is -0.0382. The van der Waals surface area contributed by atoms with Gasteiger partial charge in [-0.3, -0.25) is 4.90 Å². The number of benzene rings is 2. The second-order valence-corrected chi connectivity index (χ2v) is 6.58. The Morgan fingerprint density at radius 3 is 2.83 bits per heavy atom. The maximum atomic E-state index is 5.99. The average Bonchev–Trinajstić information content (AvgIpc) is 2.94. The number of fused-ring (bicyclic) bond motifs is 1. The Balaban J connectivity index is 1.55. The summed E-state index contributed by atoms with van der Waals surface area (Å²) in [7, 11) is 2.04. The van der Waals surface area contributed by atoms with Gasteiger partial charge in [0.1, 0.15) is 11.9 Å². The third-order valence-corrected chi connectivity index (χ3v) is 4.75. The van der Waals surface area contributed by atoms with Gasteiger partial charge in [0.05, 0.1) is 12.3 Å². The first-order valence-corrected chi connectivity index (χ1v) is 8.51. The molecule has 0 amide bonds. The Morgan fingerprint density at radius 2 is 2.00 bits per heavy atom. The maximum absolute atomic E-state index is 5.99. The molecule has 0 aliphatic carbocycles. The molecule has 4 nitrogen and oxygen atoms in total. The van der Waals surface area contributed by atoms with Crippen molar-refractivity contribution in [1.82, 2.24) is 14.5 Å². The van der Waals surface area contributed by atoms with Crippen LogP contribution < -0.4 is 0 Å². The van der Waals surface area contributed by atoms with Crippen molar-refractivity contribution < 1.29 is 4.74 Å². The number of rotatable bonds is 3. The average molecular weight is 321 g/mol. The molecule has 0 saturated carbocycles. The highest BCUT2D eigenvalue weighted by atomic mass is 16.5. The normalized spacial score (nSPS) is 19.0. The van der Waals surface area contributed by atoms with Crippen LogP contribution in [0.5, 0.6) is 0 Å². The van der Waals surface area contributed by atoms with Crippen LogP contribution in [-0.2, 0) is 18.3 Å². The minimum atomic E-state index is 0.0485. The predicted octanol–water partition coefficient (Wildman–Crippen LogP) is 3.46. The molecule has 2 aromatic carbocycles. The zero-order valence-corrected chi connectivity index (χ0v) is 14.3. The van der Waals surface area contributed by atoms with Crippen LogP contribution in [0.3, 0.4) is 0 Å². The van der Waals surface area contributed by atoms with Crippen LogP contribution in [0.25, 0.3) is 10.8 Å². The molecule has 1 saturated heterocycles. The molecule has 1 fully saturated rings. The van der Waals surface area contributed by atoms with Crippen molar-refractivity contribution in [3.63, 3.8) is 0 Å². The van der Waals surface area contributed by atoms with Gasteiger partial charge in [-0.15, -0.1) is 0 Å². The fourth-order valence-electron chi connectivity index (χ4n) is 3.61. The zero-order valence-electron chi connectivity index (χ0n) is 14.3. The number of ether oxygens (including phenoxy) is 1. The lowest BCUT2D eigenvalue weighted by Crippen LogP contribution is -2.38. The summed E-state index contributed by atoms with van der Waals surface area (Å²) in [6, 6.07) is 15.2. The van der Waals surface area contributed by atoms with Gasteiger partial charge in [-0.25, -0.2) is 4.98 Å². The minimum absolute atomic E-state index is 0.0485. The van der Waals surface area contributed by atoms with E-state index in [-0.39, 0.29) is 6.10 Å². The Hall–Kier alpha value is -2.17. The molecule has 124 valence electrons. The van der Waals surface area contributed by atoms with Gasteiger partial charge < -0.3 is 9.30 Å². The van der Waals surface area contributed by atoms with Gasteiger partial charge in [0.15, 0.2) is 0 Å². The fourth-order valence-corrected chi connectivity index (χ4v) is 3.61. The van der Waals surface area contributed by atoms with Crippen LogP contribution in [-0.4, -0.2) is 34.1 Å². The van der Waals surface area contributed by atoms with E-state index in [0.717, 1.165) is 37.8 Å². The van der Waals surface area contributed by atoms with E-state index in [4.69, 9.17) is 4.74 Å². The van der Waals surface area contributed by atoms with Gasteiger partial charge in [0, 0.05) is 32.9 Å². The lowest BCUT2D eigenvalue weighted by atomic mass is 10.0. The van der Waals surface area contributed by atoms with Gasteiger partial charge in [-0.2, -0.15) is 0 Å². The van der Waals surface area contributed by atoms with Crippen LogP contribution in [0.2, 0.25) is 0 Å². The molecule has 0 bridgehead atoms. The number of morpholine rings is 1. The van der Waals surface area contributed by atoms with Crippen LogP contribution in [0.15, 0.2) is 48.7 Å². The third-order valence-electron chi connectivity index (χ3n) is 4.75. The smallest absolute Gasteiger partial charge is 0.139 e. The Morgan fingerprint density at radius 1 is 1.17 bits per heavy atom. The van der Waals surface area contributed by atoms with E-state index in [2.05, 4.69) is 63.1 Å². The minimum Gasteiger partial charge on any atom is -0.368 e. The Kier molecular flexibility index (Phi) is 4.08. The van der Waals surface area contributed by atoms with Crippen molar-refractivity contribution in [2.24, 2.45) is 7.05 Å². The first-order chi connectivity index (χ1) is 11.7. The lowest BCUT2D eigenvalue weighted by Gasteiger charge is -2.32. The van der Waals surface area contributed by atoms with E-state index in [1.54, 1.807) is 0 Å². The molecule has 0 radical (unpaired) electrons. The van der Waals surface area contributed by atoms with E-state index in [0.29, 0.717) is 0 Å². The van der Waals surface area contributed by atoms with Crippen LogP contribution in [0, 0.1) is 6.92 Å². The maximum Gasteiger partial charge on any atom is 0.139 e. The number of aryl methyl sites for hydroxylation is 2. The topological polar surface area (TPSA) is 30.3 Å². The summed E-state index contributed by atoms with van der Waals surface area (Å²) >= 11 is 0. The number of hydrogen-bond donors (Lipinski definition) is 0. The summed E-state index contributed by atoms with van der Waals surface area (Å²) in [5.41, 5.74) is 2.42. The summed E-state index contributed by atoms with van der Waals surface area (Å²) in [6.45, 7) is 5.57. The number of aromatic nitrogens is 2. The van der Waals surface area contributed by atoms with Crippen molar-refractivity contribution >= 4 is 10.8 Å². The van der Waals surface area contributed by atoms with Gasteiger partial charge in [-0.1, -0.05) is 42.5 Å². The number of nitrogens with zero attached hydrogens (tertiary/aromatic N) is 3. The molecule has 4 rings (SSSR count). The first-order valence-electron chi connectivity index (χ1n) is 8.51. The zero-order chi connectivity index (χ0) is 16.5. The molecule has 1 aromatic heterocycles. The molecule has 2 heterocycles. The van der Waals surface area contributed by atoms with Gasteiger partial charge >= 0.3 is 0 Å². The van der Waals surface area contributed by atoms with Gasteiger partial charge in [-0.05, 0) is 23.3 Å². The van der Waals surface area contributed by atoms with E-state index < -0.39 is 0 Å². The summed E-state index contributed by atoms with van der Waals surface area (Å²) in [4.78, 5) is 7.11. The van der Waals surface area contributed by atoms with Crippen molar-refractivity contribution in [3.8, 4) is 0 Å². The molecule has 4 heteroatoms. The van der Waals surface area contributed by atoms with Crippen molar-refractivity contribution in [2.45, 2.75) is 19.6 Å². The fraction of sp³-hybridized carbons (Fsp3) is 0.350. The van der Waals surface area contributed by atoms with Crippen LogP contribution in [0.4, 0.5) is 0 Å². The number of imidazole rings is 1. The van der Waals surface area contributed by atoms with Crippen LogP contribution in [0.1, 0.15) is 23.2 Å². The highest BCUT2D eigenvalue weighted by Gasteiger charge is 2.25. The van der Waals surface area contributed by atoms with E-state index in [1.807, 2.05) is 14.0 Å². The van der Waals surface area contributed by atoms with Crippen LogP contribution >= 0.6 is 0 Å². The summed E-state index contributed by atoms with van der Waals surface area (Å²) in [5.74, 6) is 1.02. The van der Waals surface area contributed by atoms with Gasteiger partial charge in [0.2, 0.25) is 0 Å². The first kappa shape index (κ1) is 15.4. The van der Waals surface area contributed by atoms with E-state index >= 15 is 0 Å². The molecular formula is C20H23N3O. The summed E-state index contributed by atoms with van der Waals surface area (Å²) < 4.78 is 8.07. The van der Waals surface area contributed by atoms with Crippen molar-refractivity contribution in [2.75, 3.05) is 19.7 Å². The van der Waals surface area contributed by atoms with E-state index in [9.17, 15) is 0 Å². The molecule has 0 N–H and O–H groups in total. The molecule has 1 atom stereocenters. The number of hydrogen-bond acceptors (Lipinski definition) is 3. The quantitative estimate of drug-likeness (QED) is 0.740. The van der Waals surface area contributed by atoms with Crippen molar-refractivity contribution in [1.29, 1.82) is 0 Å². The molecule has 0 spiro atoms. The molecule has 0 unspecified atom stereocenters. The molecule has 1 aliphatic rings. The SMILES string of the molecule is Cc1cn(C)c([C@H]2CN(Cc3cccc4ccccc34)CCO2)n1. The van der Waals surface area contributed by atoms with Crippen molar-refractivity contribution in [3.05, 3.63) is 65.7 Å². The second-order valence-electron chi connectivity index (χ2n) is 6.58. The third kappa shape index (κ3) is 2.95. The highest BCUT2D eigenvalue weighted by molar-refractivity contribution is 5.85.